The molecule has 2 rings (SSSR count). The second-order valence-corrected chi connectivity index (χ2v) is 6.71. The van der Waals surface area contributed by atoms with Gasteiger partial charge in [-0.25, -0.2) is 13.1 Å². The summed E-state index contributed by atoms with van der Waals surface area (Å²) in [6.45, 7) is 2.35. The molecule has 1 aliphatic rings. The molecular formula is C12H19NO4S. The van der Waals surface area contributed by atoms with Gasteiger partial charge in [-0.3, -0.25) is 0 Å². The number of furan rings is 1. The molecule has 0 amide bonds. The van der Waals surface area contributed by atoms with Crippen LogP contribution < -0.4 is 4.72 Å². The molecule has 5 nitrogen and oxygen atoms in total. The van der Waals surface area contributed by atoms with Gasteiger partial charge >= 0.3 is 0 Å². The lowest BCUT2D eigenvalue weighted by Crippen LogP contribution is -2.28. The highest BCUT2D eigenvalue weighted by atomic mass is 32.2. The smallest absolute Gasteiger partial charge is 0.273 e. The molecule has 2 unspecified atom stereocenters. The van der Waals surface area contributed by atoms with Gasteiger partial charge in [-0.05, 0) is 36.8 Å². The highest BCUT2D eigenvalue weighted by molar-refractivity contribution is 7.89. The van der Waals surface area contributed by atoms with E-state index in [9.17, 15) is 8.42 Å². The third-order valence-corrected chi connectivity index (χ3v) is 4.72. The summed E-state index contributed by atoms with van der Waals surface area (Å²) in [5.74, 6) is 1.36. The third-order valence-electron chi connectivity index (χ3n) is 3.42. The van der Waals surface area contributed by atoms with Gasteiger partial charge in [0.25, 0.3) is 10.0 Å². The van der Waals surface area contributed by atoms with Crippen LogP contribution in [0, 0.1) is 11.8 Å². The predicted molar refractivity (Wildman–Crippen MR) is 66.3 cm³/mol. The maximum atomic E-state index is 11.9. The maximum Gasteiger partial charge on any atom is 0.273 e. The third kappa shape index (κ3) is 3.13. The Morgan fingerprint density at radius 3 is 2.78 bits per heavy atom. The van der Waals surface area contributed by atoms with Crippen LogP contribution in [0.25, 0.3) is 0 Å². The van der Waals surface area contributed by atoms with Crippen molar-refractivity contribution in [3.8, 4) is 0 Å². The van der Waals surface area contributed by atoms with Crippen molar-refractivity contribution in [2.45, 2.75) is 37.9 Å². The van der Waals surface area contributed by atoms with Crippen molar-refractivity contribution in [1.82, 2.24) is 4.72 Å². The van der Waals surface area contributed by atoms with Crippen molar-refractivity contribution >= 4 is 10.0 Å². The van der Waals surface area contributed by atoms with Gasteiger partial charge in [-0.1, -0.05) is 13.3 Å². The lowest BCUT2D eigenvalue weighted by atomic mass is 10.1. The van der Waals surface area contributed by atoms with Crippen LogP contribution in [0.2, 0.25) is 0 Å². The predicted octanol–water partition coefficient (Wildman–Crippen LogP) is 1.49. The molecule has 0 spiro atoms. The maximum absolute atomic E-state index is 11.9. The van der Waals surface area contributed by atoms with Gasteiger partial charge in [0, 0.05) is 6.54 Å². The van der Waals surface area contributed by atoms with Gasteiger partial charge in [0.2, 0.25) is 5.09 Å². The second kappa shape index (κ2) is 5.42. The van der Waals surface area contributed by atoms with Gasteiger partial charge in [0.1, 0.15) is 12.4 Å². The average Bonchev–Trinajstić information content (AvgIpc) is 2.95. The molecule has 1 fully saturated rings. The summed E-state index contributed by atoms with van der Waals surface area (Å²) < 4.78 is 31.4. The number of rotatable bonds is 5. The van der Waals surface area contributed by atoms with Gasteiger partial charge in [-0.15, -0.1) is 0 Å². The topological polar surface area (TPSA) is 79.5 Å². The van der Waals surface area contributed by atoms with Gasteiger partial charge < -0.3 is 9.52 Å². The highest BCUT2D eigenvalue weighted by Gasteiger charge is 2.24. The minimum atomic E-state index is -3.58. The summed E-state index contributed by atoms with van der Waals surface area (Å²) in [5.41, 5.74) is 0. The van der Waals surface area contributed by atoms with E-state index in [2.05, 4.69) is 11.6 Å². The molecule has 102 valence electrons. The number of aliphatic hydroxyl groups excluding tert-OH is 1. The summed E-state index contributed by atoms with van der Waals surface area (Å²) in [4.78, 5) is 0. The number of hydrogen-bond donors (Lipinski definition) is 2. The van der Waals surface area contributed by atoms with E-state index in [-0.39, 0.29) is 17.5 Å². The van der Waals surface area contributed by atoms with E-state index in [0.717, 1.165) is 12.8 Å². The molecular weight excluding hydrogens is 254 g/mol. The van der Waals surface area contributed by atoms with Crippen molar-refractivity contribution in [3.63, 3.8) is 0 Å². The van der Waals surface area contributed by atoms with Crippen LogP contribution in [-0.4, -0.2) is 20.1 Å². The number of sulfonamides is 1. The van der Waals surface area contributed by atoms with Gasteiger partial charge in [0.15, 0.2) is 0 Å². The Labute approximate surface area is 107 Å². The fourth-order valence-corrected chi connectivity index (χ4v) is 3.46. The number of hydrogen-bond acceptors (Lipinski definition) is 4. The Hall–Kier alpha value is -0.850. The number of nitrogens with one attached hydrogen (secondary N) is 1. The molecule has 0 saturated heterocycles. The lowest BCUT2D eigenvalue weighted by Gasteiger charge is -2.10. The Kier molecular flexibility index (Phi) is 4.09. The van der Waals surface area contributed by atoms with Crippen molar-refractivity contribution in [3.05, 3.63) is 17.9 Å². The first-order chi connectivity index (χ1) is 8.51. The zero-order chi connectivity index (χ0) is 13.2. The number of aliphatic hydroxyl groups is 1. The Morgan fingerprint density at radius 1 is 1.44 bits per heavy atom. The fourth-order valence-electron chi connectivity index (χ4n) is 2.40. The summed E-state index contributed by atoms with van der Waals surface area (Å²) in [6.07, 6.45) is 3.31. The van der Waals surface area contributed by atoms with E-state index in [1.165, 1.54) is 18.6 Å². The van der Waals surface area contributed by atoms with Gasteiger partial charge in [-0.2, -0.15) is 0 Å². The van der Waals surface area contributed by atoms with Crippen molar-refractivity contribution < 1.29 is 17.9 Å². The molecule has 0 aromatic carbocycles. The first kappa shape index (κ1) is 13.6. The molecule has 2 N–H and O–H groups in total. The van der Waals surface area contributed by atoms with Crippen molar-refractivity contribution in [2.75, 3.05) is 6.54 Å². The van der Waals surface area contributed by atoms with Crippen LogP contribution in [0.1, 0.15) is 31.9 Å². The zero-order valence-electron chi connectivity index (χ0n) is 10.4. The lowest BCUT2D eigenvalue weighted by molar-refractivity contribution is 0.236. The largest absolute Gasteiger partial charge is 0.446 e. The SMILES string of the molecule is CC1CCC(CNS(=O)(=O)c2ccc(CO)o2)C1. The van der Waals surface area contributed by atoms with Crippen LogP contribution in [0.4, 0.5) is 0 Å². The summed E-state index contributed by atoms with van der Waals surface area (Å²) in [7, 11) is -3.58. The first-order valence-electron chi connectivity index (χ1n) is 6.20. The second-order valence-electron chi connectivity index (χ2n) is 5.02. The molecule has 18 heavy (non-hydrogen) atoms. The van der Waals surface area contributed by atoms with Crippen LogP contribution in [-0.2, 0) is 16.6 Å². The highest BCUT2D eigenvalue weighted by Crippen LogP contribution is 2.29. The Morgan fingerprint density at radius 2 is 2.22 bits per heavy atom. The van der Waals surface area contributed by atoms with Crippen molar-refractivity contribution in [1.29, 1.82) is 0 Å². The molecule has 1 aromatic heterocycles. The Balaban J connectivity index is 1.95. The standard InChI is InChI=1S/C12H19NO4S/c1-9-2-3-10(6-9)7-13-18(15,16)12-5-4-11(8-14)17-12/h4-5,9-10,13-14H,2-3,6-8H2,1H3. The average molecular weight is 273 g/mol. The molecule has 2 atom stereocenters. The summed E-state index contributed by atoms with van der Waals surface area (Å²) in [6, 6.07) is 2.83. The van der Waals surface area contributed by atoms with E-state index in [0.29, 0.717) is 18.4 Å². The molecule has 1 aliphatic carbocycles. The molecule has 1 heterocycles. The quantitative estimate of drug-likeness (QED) is 0.851. The Bertz CT molecular complexity index is 494. The van der Waals surface area contributed by atoms with E-state index in [1.807, 2.05) is 0 Å². The molecule has 1 aromatic rings. The van der Waals surface area contributed by atoms with Crippen molar-refractivity contribution in [2.24, 2.45) is 11.8 Å². The van der Waals surface area contributed by atoms with E-state index in [4.69, 9.17) is 9.52 Å². The van der Waals surface area contributed by atoms with Crippen LogP contribution in [0.15, 0.2) is 21.6 Å². The molecule has 0 bridgehead atoms. The molecule has 0 radical (unpaired) electrons. The van der Waals surface area contributed by atoms with Gasteiger partial charge in [0.05, 0.1) is 0 Å². The van der Waals surface area contributed by atoms with E-state index < -0.39 is 10.0 Å². The minimum absolute atomic E-state index is 0.127. The monoisotopic (exact) mass is 273 g/mol. The molecule has 0 aliphatic heterocycles. The van der Waals surface area contributed by atoms with Crippen LogP contribution in [0.3, 0.4) is 0 Å². The normalized spacial score (nSPS) is 24.6. The molecule has 1 saturated carbocycles. The van der Waals surface area contributed by atoms with Crippen LogP contribution in [0.5, 0.6) is 0 Å². The fraction of sp³-hybridized carbons (Fsp3) is 0.667. The van der Waals surface area contributed by atoms with E-state index in [1.54, 1.807) is 0 Å². The first-order valence-corrected chi connectivity index (χ1v) is 7.69. The minimum Gasteiger partial charge on any atom is -0.446 e. The van der Waals surface area contributed by atoms with Crippen LogP contribution >= 0.6 is 0 Å². The van der Waals surface area contributed by atoms with E-state index >= 15 is 0 Å². The zero-order valence-corrected chi connectivity index (χ0v) is 11.2. The summed E-state index contributed by atoms with van der Waals surface area (Å²) in [5, 5.41) is 8.71. The molecule has 6 heteroatoms. The summed E-state index contributed by atoms with van der Waals surface area (Å²) >= 11 is 0.